The molecule has 0 aromatic carbocycles. The molecule has 37 heavy (non-hydrogen) atoms. The first-order valence-electron chi connectivity index (χ1n) is 17.7. The standard InChI is InChI=1S/C37H76/c1-10-31(4)19-13-20-32(5)21-14-22-33(6)23-15-24-34(7)25-16-26-35(8)27-17-28-36(9)29-18-30-37(11-2)12-3/h31-37H,10-30H2,1-9H3/t31-,32+,33+,34+,35+,36+/m0/s1. The Balaban J connectivity index is 3.66. The summed E-state index contributed by atoms with van der Waals surface area (Å²) in [7, 11) is 0. The van der Waals surface area contributed by atoms with Gasteiger partial charge in [-0.3, -0.25) is 0 Å². The highest BCUT2D eigenvalue weighted by molar-refractivity contribution is 4.64. The molecular formula is C37H76. The fourth-order valence-electron chi connectivity index (χ4n) is 6.45. The molecule has 0 aromatic rings. The van der Waals surface area contributed by atoms with E-state index in [9.17, 15) is 0 Å². The SMILES string of the molecule is CCC(CC)CCC[C@H](C)CCC[C@H](C)CCC[C@H](C)CCC[C@H](C)CCC[C@H](C)CCC[C@@H](C)CC. The van der Waals surface area contributed by atoms with Crippen molar-refractivity contribution in [3.8, 4) is 0 Å². The maximum Gasteiger partial charge on any atom is -0.0420 e. The van der Waals surface area contributed by atoms with E-state index in [0.717, 1.165) is 41.4 Å². The Morgan fingerprint density at radius 3 is 0.703 bits per heavy atom. The Morgan fingerprint density at radius 2 is 0.486 bits per heavy atom. The van der Waals surface area contributed by atoms with Gasteiger partial charge >= 0.3 is 0 Å². The molecule has 0 radical (unpaired) electrons. The topological polar surface area (TPSA) is 0 Å². The molecule has 0 saturated carbocycles. The second-order valence-electron chi connectivity index (χ2n) is 14.3. The molecule has 0 fully saturated rings. The van der Waals surface area contributed by atoms with Crippen LogP contribution in [0.25, 0.3) is 0 Å². The van der Waals surface area contributed by atoms with Crippen molar-refractivity contribution >= 4 is 0 Å². The third kappa shape index (κ3) is 23.6. The van der Waals surface area contributed by atoms with Crippen molar-refractivity contribution < 1.29 is 0 Å². The van der Waals surface area contributed by atoms with Crippen molar-refractivity contribution in [1.82, 2.24) is 0 Å². The minimum atomic E-state index is 0.927. The van der Waals surface area contributed by atoms with E-state index in [1.807, 2.05) is 0 Å². The van der Waals surface area contributed by atoms with Crippen molar-refractivity contribution in [2.45, 2.75) is 197 Å². The quantitative estimate of drug-likeness (QED) is 0.101. The van der Waals surface area contributed by atoms with Gasteiger partial charge in [-0.1, -0.05) is 197 Å². The summed E-state index contributed by atoms with van der Waals surface area (Å²) in [6, 6.07) is 0. The van der Waals surface area contributed by atoms with Crippen molar-refractivity contribution in [1.29, 1.82) is 0 Å². The van der Waals surface area contributed by atoms with Crippen LogP contribution in [0.5, 0.6) is 0 Å². The Kier molecular flexibility index (Phi) is 25.0. The lowest BCUT2D eigenvalue weighted by Gasteiger charge is -2.18. The summed E-state index contributed by atoms with van der Waals surface area (Å²) in [5, 5.41) is 0. The second-order valence-corrected chi connectivity index (χ2v) is 14.3. The highest BCUT2D eigenvalue weighted by Gasteiger charge is 2.11. The Labute approximate surface area is 238 Å². The van der Waals surface area contributed by atoms with Gasteiger partial charge in [0.05, 0.1) is 0 Å². The van der Waals surface area contributed by atoms with Gasteiger partial charge in [-0.2, -0.15) is 0 Å². The van der Waals surface area contributed by atoms with Crippen LogP contribution in [0.1, 0.15) is 197 Å². The first-order valence-corrected chi connectivity index (χ1v) is 17.7. The van der Waals surface area contributed by atoms with Gasteiger partial charge in [0.15, 0.2) is 0 Å². The van der Waals surface area contributed by atoms with Crippen molar-refractivity contribution in [2.75, 3.05) is 0 Å². The molecule has 6 atom stereocenters. The van der Waals surface area contributed by atoms with E-state index in [2.05, 4.69) is 62.3 Å². The van der Waals surface area contributed by atoms with E-state index in [1.54, 1.807) is 0 Å². The minimum absolute atomic E-state index is 0.927. The monoisotopic (exact) mass is 521 g/mol. The lowest BCUT2D eigenvalue weighted by Crippen LogP contribution is -2.03. The average Bonchev–Trinajstić information content (AvgIpc) is 2.86. The van der Waals surface area contributed by atoms with Crippen LogP contribution in [0, 0.1) is 41.4 Å². The van der Waals surface area contributed by atoms with E-state index in [4.69, 9.17) is 0 Å². The van der Waals surface area contributed by atoms with Crippen LogP contribution in [0.3, 0.4) is 0 Å². The van der Waals surface area contributed by atoms with Gasteiger partial charge in [0, 0.05) is 0 Å². The van der Waals surface area contributed by atoms with Crippen molar-refractivity contribution in [3.63, 3.8) is 0 Å². The van der Waals surface area contributed by atoms with E-state index >= 15 is 0 Å². The van der Waals surface area contributed by atoms with Crippen LogP contribution in [0.4, 0.5) is 0 Å². The number of hydrogen-bond donors (Lipinski definition) is 0. The molecule has 0 rings (SSSR count). The molecule has 0 aliphatic rings. The molecule has 224 valence electrons. The van der Waals surface area contributed by atoms with E-state index in [1.165, 1.54) is 135 Å². The summed E-state index contributed by atoms with van der Waals surface area (Å²) in [5.41, 5.74) is 0. The molecule has 0 aromatic heterocycles. The summed E-state index contributed by atoms with van der Waals surface area (Å²) in [6.45, 7) is 22.0. The van der Waals surface area contributed by atoms with Crippen LogP contribution in [0.15, 0.2) is 0 Å². The fraction of sp³-hybridized carbons (Fsp3) is 1.00. The zero-order valence-electron chi connectivity index (χ0n) is 27.9. The van der Waals surface area contributed by atoms with Crippen LogP contribution < -0.4 is 0 Å². The van der Waals surface area contributed by atoms with Gasteiger partial charge in [0.1, 0.15) is 0 Å². The summed E-state index contributed by atoms with van der Waals surface area (Å²) in [5.74, 6) is 6.57. The molecule has 0 bridgehead atoms. The number of hydrogen-bond acceptors (Lipinski definition) is 0. The molecule has 0 aliphatic heterocycles. The van der Waals surface area contributed by atoms with Crippen LogP contribution in [-0.4, -0.2) is 0 Å². The smallest absolute Gasteiger partial charge is 0.0420 e. The lowest BCUT2D eigenvalue weighted by atomic mass is 9.88. The maximum atomic E-state index is 2.51. The van der Waals surface area contributed by atoms with Gasteiger partial charge in [0.2, 0.25) is 0 Å². The van der Waals surface area contributed by atoms with Crippen LogP contribution >= 0.6 is 0 Å². The summed E-state index contributed by atoms with van der Waals surface area (Å²) >= 11 is 0. The predicted molar refractivity (Wildman–Crippen MR) is 172 cm³/mol. The lowest BCUT2D eigenvalue weighted by molar-refractivity contribution is 0.354. The summed E-state index contributed by atoms with van der Waals surface area (Å²) in [6.07, 6.45) is 30.3. The molecule has 0 N–H and O–H groups in total. The zero-order chi connectivity index (χ0) is 27.9. The fourth-order valence-corrected chi connectivity index (χ4v) is 6.45. The number of rotatable bonds is 27. The largest absolute Gasteiger partial charge is 0.0651 e. The van der Waals surface area contributed by atoms with E-state index in [-0.39, 0.29) is 0 Å². The average molecular weight is 521 g/mol. The Hall–Kier alpha value is 0. The highest BCUT2D eigenvalue weighted by Crippen LogP contribution is 2.26. The van der Waals surface area contributed by atoms with Gasteiger partial charge in [-0.05, 0) is 41.4 Å². The molecule has 0 heteroatoms. The molecule has 0 heterocycles. The molecule has 0 amide bonds. The van der Waals surface area contributed by atoms with E-state index in [0.29, 0.717) is 0 Å². The molecule has 0 saturated heterocycles. The third-order valence-corrected chi connectivity index (χ3v) is 10.1. The molecular weight excluding hydrogens is 444 g/mol. The van der Waals surface area contributed by atoms with Gasteiger partial charge in [-0.25, -0.2) is 0 Å². The normalized spacial score (nSPS) is 17.0. The van der Waals surface area contributed by atoms with Gasteiger partial charge in [-0.15, -0.1) is 0 Å². The van der Waals surface area contributed by atoms with Gasteiger partial charge in [0.25, 0.3) is 0 Å². The van der Waals surface area contributed by atoms with Crippen molar-refractivity contribution in [2.24, 2.45) is 41.4 Å². The molecule has 0 unspecified atom stereocenters. The molecule has 0 aliphatic carbocycles. The minimum Gasteiger partial charge on any atom is -0.0651 e. The third-order valence-electron chi connectivity index (χ3n) is 10.1. The first kappa shape index (κ1) is 37.0. The predicted octanol–water partition coefficient (Wildman–Crippen LogP) is 13.7. The first-order chi connectivity index (χ1) is 17.7. The molecule has 0 spiro atoms. The second kappa shape index (κ2) is 25.0. The maximum absolute atomic E-state index is 2.51. The Bertz CT molecular complexity index is 449. The van der Waals surface area contributed by atoms with E-state index < -0.39 is 0 Å². The summed E-state index contributed by atoms with van der Waals surface area (Å²) in [4.78, 5) is 0. The van der Waals surface area contributed by atoms with Crippen molar-refractivity contribution in [3.05, 3.63) is 0 Å². The highest BCUT2D eigenvalue weighted by atomic mass is 14.2. The van der Waals surface area contributed by atoms with Gasteiger partial charge < -0.3 is 0 Å². The zero-order valence-corrected chi connectivity index (χ0v) is 27.9. The van der Waals surface area contributed by atoms with Crippen LogP contribution in [-0.2, 0) is 0 Å². The Morgan fingerprint density at radius 1 is 0.270 bits per heavy atom. The van der Waals surface area contributed by atoms with Crippen LogP contribution in [0.2, 0.25) is 0 Å². The molecule has 0 nitrogen and oxygen atoms in total. The summed E-state index contributed by atoms with van der Waals surface area (Å²) < 4.78 is 0.